The van der Waals surface area contributed by atoms with Gasteiger partial charge in [-0.15, -0.1) is 0 Å². The molecule has 0 aromatic heterocycles. The van der Waals surface area contributed by atoms with Crippen LogP contribution in [0.3, 0.4) is 0 Å². The quantitative estimate of drug-likeness (QED) is 0.772. The molecular weight excluding hydrogens is 312 g/mol. The fourth-order valence-corrected chi connectivity index (χ4v) is 3.56. The van der Waals surface area contributed by atoms with Crippen LogP contribution in [0.1, 0.15) is 43.7 Å². The molecule has 0 amide bonds. The molecule has 1 N–H and O–H groups in total. The minimum absolute atomic E-state index is 0.450. The van der Waals surface area contributed by atoms with Crippen molar-refractivity contribution in [2.75, 3.05) is 20.1 Å². The molecule has 0 spiro atoms. The third-order valence-electron chi connectivity index (χ3n) is 4.59. The predicted molar refractivity (Wildman–Crippen MR) is 87.9 cm³/mol. The Morgan fingerprint density at radius 2 is 2.00 bits per heavy atom. The second kappa shape index (κ2) is 6.59. The number of nitrogens with one attached hydrogen (secondary N) is 1. The summed E-state index contributed by atoms with van der Waals surface area (Å²) in [6.07, 6.45) is 6.96. The fourth-order valence-electron chi connectivity index (χ4n) is 3.00. The van der Waals surface area contributed by atoms with Crippen LogP contribution >= 0.6 is 15.9 Å². The molecule has 0 bridgehead atoms. The summed E-state index contributed by atoms with van der Waals surface area (Å²) >= 11 is 3.68. The summed E-state index contributed by atoms with van der Waals surface area (Å²) in [4.78, 5) is 2.75. The zero-order valence-corrected chi connectivity index (χ0v) is 13.9. The van der Waals surface area contributed by atoms with Crippen LogP contribution in [-0.2, 0) is 0 Å². The normalized spacial score (nSPS) is 20.4. The lowest BCUT2D eigenvalue weighted by molar-refractivity contribution is 0.239. The first-order valence-electron chi connectivity index (χ1n) is 7.93. The Balaban J connectivity index is 1.58. The molecule has 2 saturated carbocycles. The topological polar surface area (TPSA) is 15.3 Å². The molecule has 0 radical (unpaired) electrons. The lowest BCUT2D eigenvalue weighted by atomic mass is 10.0. The average molecular weight is 337 g/mol. The molecule has 0 saturated heterocycles. The Morgan fingerprint density at radius 3 is 2.60 bits per heavy atom. The van der Waals surface area contributed by atoms with E-state index in [1.165, 1.54) is 55.2 Å². The van der Waals surface area contributed by atoms with Gasteiger partial charge in [-0.2, -0.15) is 0 Å². The van der Waals surface area contributed by atoms with Crippen LogP contribution in [0.5, 0.6) is 0 Å². The lowest BCUT2D eigenvalue weighted by Gasteiger charge is -2.25. The number of nitrogens with zero attached hydrogens (tertiary/aromatic N) is 1. The van der Waals surface area contributed by atoms with Crippen molar-refractivity contribution in [1.29, 1.82) is 0 Å². The van der Waals surface area contributed by atoms with Gasteiger partial charge in [0.2, 0.25) is 0 Å². The summed E-state index contributed by atoms with van der Waals surface area (Å²) in [6.45, 7) is 2.57. The zero-order chi connectivity index (χ0) is 13.9. The van der Waals surface area contributed by atoms with E-state index in [9.17, 15) is 0 Å². The molecule has 3 heteroatoms. The van der Waals surface area contributed by atoms with Crippen LogP contribution in [0.4, 0.5) is 0 Å². The maximum atomic E-state index is 3.68. The molecule has 2 aliphatic carbocycles. The standard InChI is InChI=1S/C17H25BrN2/c1-19-17(15-4-2-3-5-16(15)18)10-11-20(14-8-9-14)12-13-6-7-13/h2-5,13-14,17,19H,6-12H2,1H3. The van der Waals surface area contributed by atoms with Gasteiger partial charge in [0.1, 0.15) is 0 Å². The van der Waals surface area contributed by atoms with Crippen molar-refractivity contribution in [3.63, 3.8) is 0 Å². The van der Waals surface area contributed by atoms with Crippen LogP contribution in [0.25, 0.3) is 0 Å². The lowest BCUT2D eigenvalue weighted by Crippen LogP contribution is -2.32. The summed E-state index contributed by atoms with van der Waals surface area (Å²) in [6, 6.07) is 9.94. The van der Waals surface area contributed by atoms with E-state index >= 15 is 0 Å². The molecule has 0 heterocycles. The van der Waals surface area contributed by atoms with E-state index in [2.05, 4.69) is 57.5 Å². The Morgan fingerprint density at radius 1 is 1.25 bits per heavy atom. The van der Waals surface area contributed by atoms with E-state index in [1.807, 2.05) is 0 Å². The number of halogens is 1. The van der Waals surface area contributed by atoms with Gasteiger partial charge in [-0.25, -0.2) is 0 Å². The van der Waals surface area contributed by atoms with Crippen LogP contribution in [0, 0.1) is 5.92 Å². The number of rotatable bonds is 8. The third kappa shape index (κ3) is 3.84. The Bertz CT molecular complexity index is 440. The minimum atomic E-state index is 0.450. The van der Waals surface area contributed by atoms with Crippen LogP contribution in [0.2, 0.25) is 0 Å². The van der Waals surface area contributed by atoms with Gasteiger partial charge in [0.25, 0.3) is 0 Å². The van der Waals surface area contributed by atoms with E-state index in [4.69, 9.17) is 0 Å². The fraction of sp³-hybridized carbons (Fsp3) is 0.647. The van der Waals surface area contributed by atoms with E-state index in [-0.39, 0.29) is 0 Å². The molecular formula is C17H25BrN2. The van der Waals surface area contributed by atoms with Crippen molar-refractivity contribution in [3.8, 4) is 0 Å². The van der Waals surface area contributed by atoms with Gasteiger partial charge in [-0.05, 0) is 56.7 Å². The second-order valence-corrected chi connectivity index (χ2v) is 7.18. The van der Waals surface area contributed by atoms with Gasteiger partial charge in [-0.3, -0.25) is 0 Å². The molecule has 1 atom stereocenters. The van der Waals surface area contributed by atoms with Gasteiger partial charge in [0.15, 0.2) is 0 Å². The molecule has 20 heavy (non-hydrogen) atoms. The van der Waals surface area contributed by atoms with E-state index in [0.717, 1.165) is 12.0 Å². The van der Waals surface area contributed by atoms with Gasteiger partial charge in [0.05, 0.1) is 0 Å². The highest BCUT2D eigenvalue weighted by molar-refractivity contribution is 9.10. The summed E-state index contributed by atoms with van der Waals surface area (Å²) < 4.78 is 1.22. The van der Waals surface area contributed by atoms with Crippen molar-refractivity contribution < 1.29 is 0 Å². The minimum Gasteiger partial charge on any atom is -0.313 e. The maximum Gasteiger partial charge on any atom is 0.0340 e. The maximum absolute atomic E-state index is 3.68. The highest BCUT2D eigenvalue weighted by Crippen LogP contribution is 2.35. The number of hydrogen-bond donors (Lipinski definition) is 1. The largest absolute Gasteiger partial charge is 0.313 e. The van der Waals surface area contributed by atoms with Gasteiger partial charge >= 0.3 is 0 Å². The molecule has 2 aliphatic rings. The van der Waals surface area contributed by atoms with Crippen LogP contribution < -0.4 is 5.32 Å². The summed E-state index contributed by atoms with van der Waals surface area (Å²) in [5.41, 5.74) is 1.39. The zero-order valence-electron chi connectivity index (χ0n) is 12.3. The highest BCUT2D eigenvalue weighted by Gasteiger charge is 2.33. The van der Waals surface area contributed by atoms with Crippen molar-refractivity contribution in [2.24, 2.45) is 5.92 Å². The van der Waals surface area contributed by atoms with Gasteiger partial charge in [-0.1, -0.05) is 34.1 Å². The SMILES string of the molecule is CNC(CCN(CC1CC1)C1CC1)c1ccccc1Br. The van der Waals surface area contributed by atoms with E-state index in [0.29, 0.717) is 6.04 Å². The average Bonchev–Trinajstić information content (AvgIpc) is 3.33. The highest BCUT2D eigenvalue weighted by atomic mass is 79.9. The van der Waals surface area contributed by atoms with Crippen molar-refractivity contribution in [2.45, 2.75) is 44.2 Å². The van der Waals surface area contributed by atoms with E-state index in [1.54, 1.807) is 0 Å². The summed E-state index contributed by atoms with van der Waals surface area (Å²) in [5, 5.41) is 3.49. The van der Waals surface area contributed by atoms with Crippen molar-refractivity contribution in [3.05, 3.63) is 34.3 Å². The number of hydrogen-bond acceptors (Lipinski definition) is 2. The van der Waals surface area contributed by atoms with Gasteiger partial charge < -0.3 is 10.2 Å². The van der Waals surface area contributed by atoms with Crippen molar-refractivity contribution >= 4 is 15.9 Å². The summed E-state index contributed by atoms with van der Waals surface area (Å²) in [5.74, 6) is 1.01. The first-order chi connectivity index (χ1) is 9.78. The first kappa shape index (κ1) is 14.6. The molecule has 110 valence electrons. The number of benzene rings is 1. The Hall–Kier alpha value is -0.380. The Labute approximate surface area is 131 Å². The molecule has 1 unspecified atom stereocenters. The third-order valence-corrected chi connectivity index (χ3v) is 5.31. The van der Waals surface area contributed by atoms with Crippen LogP contribution in [-0.4, -0.2) is 31.1 Å². The molecule has 3 rings (SSSR count). The second-order valence-electron chi connectivity index (χ2n) is 6.32. The Kier molecular flexibility index (Phi) is 4.79. The van der Waals surface area contributed by atoms with E-state index < -0.39 is 0 Å². The summed E-state index contributed by atoms with van der Waals surface area (Å²) in [7, 11) is 2.08. The molecule has 1 aromatic rings. The van der Waals surface area contributed by atoms with Gasteiger partial charge in [0, 0.05) is 29.6 Å². The molecule has 2 nitrogen and oxygen atoms in total. The monoisotopic (exact) mass is 336 g/mol. The first-order valence-corrected chi connectivity index (χ1v) is 8.73. The molecule has 2 fully saturated rings. The smallest absolute Gasteiger partial charge is 0.0340 e. The van der Waals surface area contributed by atoms with Crippen molar-refractivity contribution in [1.82, 2.24) is 10.2 Å². The molecule has 0 aliphatic heterocycles. The molecule has 1 aromatic carbocycles. The predicted octanol–water partition coefficient (Wildman–Crippen LogP) is 3.97. The van der Waals surface area contributed by atoms with Crippen LogP contribution in [0.15, 0.2) is 28.7 Å².